The van der Waals surface area contributed by atoms with Crippen LogP contribution in [-0.4, -0.2) is 22.8 Å². The first kappa shape index (κ1) is 17.8. The van der Waals surface area contributed by atoms with Crippen molar-refractivity contribution in [3.8, 4) is 0 Å². The Morgan fingerprint density at radius 3 is 2.38 bits per heavy atom. The predicted molar refractivity (Wildman–Crippen MR) is 81.6 cm³/mol. The Morgan fingerprint density at radius 1 is 1.17 bits per heavy atom. The van der Waals surface area contributed by atoms with Gasteiger partial charge in [-0.1, -0.05) is 12.1 Å². The van der Waals surface area contributed by atoms with Crippen molar-refractivity contribution in [1.29, 1.82) is 0 Å². The van der Waals surface area contributed by atoms with Gasteiger partial charge in [-0.15, -0.1) is 0 Å². The Labute approximate surface area is 136 Å². The molecular formula is C15H17F4N5. The average molecular weight is 343 g/mol. The zero-order valence-electron chi connectivity index (χ0n) is 13.2. The van der Waals surface area contributed by atoms with Crippen LogP contribution in [0.4, 0.5) is 17.6 Å². The lowest BCUT2D eigenvalue weighted by molar-refractivity contribution is -0.142. The number of alkyl halides is 3. The largest absolute Gasteiger partial charge is 0.435 e. The van der Waals surface area contributed by atoms with Gasteiger partial charge in [-0.2, -0.15) is 18.3 Å². The van der Waals surface area contributed by atoms with Gasteiger partial charge in [0.15, 0.2) is 11.7 Å². The number of benzene rings is 1. The standard InChI is InChI=1S/C15H17F4N5/c1-20-14(21-7-10-3-5-12(16)6-4-10)22-8-11-9-24(2)23-13(11)15(17,18)19/h3-6,9H,7-8H2,1-2H3,(H2,20,21,22). The summed E-state index contributed by atoms with van der Waals surface area (Å²) in [5.74, 6) is -0.00572. The number of nitrogens with one attached hydrogen (secondary N) is 2. The van der Waals surface area contributed by atoms with Crippen molar-refractivity contribution in [2.24, 2.45) is 12.0 Å². The quantitative estimate of drug-likeness (QED) is 0.509. The maximum atomic E-state index is 12.9. The molecule has 0 saturated heterocycles. The molecule has 0 amide bonds. The van der Waals surface area contributed by atoms with Gasteiger partial charge in [0.1, 0.15) is 5.82 Å². The fourth-order valence-corrected chi connectivity index (χ4v) is 2.09. The number of hydrogen-bond acceptors (Lipinski definition) is 2. The van der Waals surface area contributed by atoms with E-state index < -0.39 is 11.9 Å². The second kappa shape index (κ2) is 7.33. The van der Waals surface area contributed by atoms with E-state index in [2.05, 4.69) is 20.7 Å². The lowest BCUT2D eigenvalue weighted by Gasteiger charge is -2.12. The highest BCUT2D eigenvalue weighted by Gasteiger charge is 2.36. The summed E-state index contributed by atoms with van der Waals surface area (Å²) in [5, 5.41) is 9.20. The van der Waals surface area contributed by atoms with E-state index in [1.165, 1.54) is 32.4 Å². The van der Waals surface area contributed by atoms with Crippen molar-refractivity contribution in [3.63, 3.8) is 0 Å². The molecule has 0 aliphatic heterocycles. The molecule has 5 nitrogen and oxygen atoms in total. The third-order valence-electron chi connectivity index (χ3n) is 3.22. The van der Waals surface area contributed by atoms with Crippen LogP contribution in [0.25, 0.3) is 0 Å². The summed E-state index contributed by atoms with van der Waals surface area (Å²) >= 11 is 0. The van der Waals surface area contributed by atoms with Crippen molar-refractivity contribution >= 4 is 5.96 Å². The molecule has 0 aliphatic carbocycles. The number of aromatic nitrogens is 2. The number of rotatable bonds is 4. The molecule has 0 radical (unpaired) electrons. The Balaban J connectivity index is 1.96. The minimum atomic E-state index is -4.51. The molecule has 2 aromatic rings. The van der Waals surface area contributed by atoms with Crippen molar-refractivity contribution in [3.05, 3.63) is 53.1 Å². The maximum Gasteiger partial charge on any atom is 0.435 e. The van der Waals surface area contributed by atoms with Crippen LogP contribution in [0.2, 0.25) is 0 Å². The minimum Gasteiger partial charge on any atom is -0.352 e. The van der Waals surface area contributed by atoms with Crippen LogP contribution < -0.4 is 10.6 Å². The van der Waals surface area contributed by atoms with Gasteiger partial charge < -0.3 is 10.6 Å². The van der Waals surface area contributed by atoms with E-state index in [-0.39, 0.29) is 17.9 Å². The van der Waals surface area contributed by atoms with Crippen molar-refractivity contribution in [2.75, 3.05) is 7.05 Å². The van der Waals surface area contributed by atoms with Gasteiger partial charge in [-0.25, -0.2) is 4.39 Å². The molecule has 0 unspecified atom stereocenters. The number of aliphatic imine (C=N–C) groups is 1. The van der Waals surface area contributed by atoms with Gasteiger partial charge in [0.05, 0.1) is 0 Å². The lowest BCUT2D eigenvalue weighted by Crippen LogP contribution is -2.36. The van der Waals surface area contributed by atoms with Gasteiger partial charge in [0, 0.05) is 38.9 Å². The van der Waals surface area contributed by atoms with Crippen LogP contribution >= 0.6 is 0 Å². The van der Waals surface area contributed by atoms with Gasteiger partial charge in [0.2, 0.25) is 0 Å². The molecular weight excluding hydrogens is 326 g/mol. The topological polar surface area (TPSA) is 54.2 Å². The molecule has 2 N–H and O–H groups in total. The fraction of sp³-hybridized carbons (Fsp3) is 0.333. The van der Waals surface area contributed by atoms with E-state index in [9.17, 15) is 17.6 Å². The zero-order chi connectivity index (χ0) is 17.7. The Hall–Kier alpha value is -2.58. The summed E-state index contributed by atoms with van der Waals surface area (Å²) in [6, 6.07) is 5.88. The zero-order valence-corrected chi connectivity index (χ0v) is 13.2. The smallest absolute Gasteiger partial charge is 0.352 e. The molecule has 0 fully saturated rings. The van der Waals surface area contributed by atoms with Crippen molar-refractivity contribution in [1.82, 2.24) is 20.4 Å². The first-order chi connectivity index (χ1) is 11.3. The highest BCUT2D eigenvalue weighted by Crippen LogP contribution is 2.30. The summed E-state index contributed by atoms with van der Waals surface area (Å²) in [4.78, 5) is 3.95. The van der Waals surface area contributed by atoms with E-state index in [4.69, 9.17) is 0 Å². The molecule has 0 aliphatic rings. The second-order valence-electron chi connectivity index (χ2n) is 5.08. The van der Waals surface area contributed by atoms with Crippen LogP contribution in [-0.2, 0) is 26.3 Å². The molecule has 1 aromatic heterocycles. The highest BCUT2D eigenvalue weighted by molar-refractivity contribution is 5.79. The molecule has 0 atom stereocenters. The van der Waals surface area contributed by atoms with E-state index >= 15 is 0 Å². The summed E-state index contributed by atoms with van der Waals surface area (Å²) < 4.78 is 52.6. The first-order valence-corrected chi connectivity index (χ1v) is 7.08. The molecule has 130 valence electrons. The normalized spacial score (nSPS) is 12.3. The molecule has 1 heterocycles. The second-order valence-corrected chi connectivity index (χ2v) is 5.08. The Kier molecular flexibility index (Phi) is 5.42. The van der Waals surface area contributed by atoms with Gasteiger partial charge in [-0.3, -0.25) is 9.67 Å². The van der Waals surface area contributed by atoms with E-state index in [0.29, 0.717) is 12.5 Å². The predicted octanol–water partition coefficient (Wildman–Crippen LogP) is 2.44. The first-order valence-electron chi connectivity index (χ1n) is 7.08. The third kappa shape index (κ3) is 4.71. The fourth-order valence-electron chi connectivity index (χ4n) is 2.09. The number of guanidine groups is 1. The SMILES string of the molecule is CN=C(NCc1ccc(F)cc1)NCc1cn(C)nc1C(F)(F)F. The molecule has 0 saturated carbocycles. The molecule has 24 heavy (non-hydrogen) atoms. The monoisotopic (exact) mass is 343 g/mol. The van der Waals surface area contributed by atoms with Crippen LogP contribution in [0.5, 0.6) is 0 Å². The molecule has 2 rings (SSSR count). The van der Waals surface area contributed by atoms with Gasteiger partial charge in [0.25, 0.3) is 0 Å². The van der Waals surface area contributed by atoms with Crippen molar-refractivity contribution in [2.45, 2.75) is 19.3 Å². The average Bonchev–Trinajstić information content (AvgIpc) is 2.90. The summed E-state index contributed by atoms with van der Waals surface area (Å²) in [6.45, 7) is 0.283. The summed E-state index contributed by atoms with van der Waals surface area (Å²) in [7, 11) is 2.94. The molecule has 1 aromatic carbocycles. The maximum absolute atomic E-state index is 12.9. The van der Waals surface area contributed by atoms with Crippen LogP contribution in [0.3, 0.4) is 0 Å². The van der Waals surface area contributed by atoms with E-state index in [0.717, 1.165) is 10.2 Å². The highest BCUT2D eigenvalue weighted by atomic mass is 19.4. The number of hydrogen-bond donors (Lipinski definition) is 2. The summed E-state index contributed by atoms with van der Waals surface area (Å²) in [6.07, 6.45) is -3.20. The van der Waals surface area contributed by atoms with Gasteiger partial charge >= 0.3 is 6.18 Å². The van der Waals surface area contributed by atoms with Crippen molar-refractivity contribution < 1.29 is 17.6 Å². The van der Waals surface area contributed by atoms with Crippen LogP contribution in [0.15, 0.2) is 35.5 Å². The van der Waals surface area contributed by atoms with Crippen LogP contribution in [0.1, 0.15) is 16.8 Å². The van der Waals surface area contributed by atoms with Crippen LogP contribution in [0, 0.1) is 5.82 Å². The Morgan fingerprint density at radius 2 is 1.79 bits per heavy atom. The number of aryl methyl sites for hydroxylation is 1. The van der Waals surface area contributed by atoms with E-state index in [1.54, 1.807) is 12.1 Å². The number of halogens is 4. The molecule has 9 heteroatoms. The number of nitrogens with zero attached hydrogens (tertiary/aromatic N) is 3. The lowest BCUT2D eigenvalue weighted by atomic mass is 10.2. The molecule has 0 bridgehead atoms. The Bertz CT molecular complexity index is 704. The molecule has 0 spiro atoms. The third-order valence-corrected chi connectivity index (χ3v) is 3.22. The summed E-state index contributed by atoms with van der Waals surface area (Å²) in [5.41, 5.74) is -0.0853. The van der Waals surface area contributed by atoms with E-state index in [1.807, 2.05) is 0 Å². The van der Waals surface area contributed by atoms with Gasteiger partial charge in [-0.05, 0) is 17.7 Å². The minimum absolute atomic E-state index is 0.0229.